The fourth-order valence-corrected chi connectivity index (χ4v) is 2.50. The van der Waals surface area contributed by atoms with E-state index in [0.29, 0.717) is 6.54 Å². The molecule has 0 saturated heterocycles. The third kappa shape index (κ3) is 3.80. The molecular formula is C13H20BrN3O. The van der Waals surface area contributed by atoms with Crippen LogP contribution in [0, 0.1) is 5.92 Å². The highest BCUT2D eigenvalue weighted by molar-refractivity contribution is 9.10. The maximum Gasteiger partial charge on any atom is 0.251 e. The molecule has 0 bridgehead atoms. The number of carbonyl (C=O) groups excluding carboxylic acids is 1. The molecule has 0 aliphatic carbocycles. The van der Waals surface area contributed by atoms with Crippen LogP contribution in [-0.4, -0.2) is 23.9 Å². The van der Waals surface area contributed by atoms with Crippen LogP contribution in [0.1, 0.15) is 19.4 Å². The largest absolute Gasteiger partial charge is 0.293 e. The molecular weight excluding hydrogens is 294 g/mol. The van der Waals surface area contributed by atoms with Gasteiger partial charge in [-0.1, -0.05) is 48.0 Å². The van der Waals surface area contributed by atoms with Crippen LogP contribution in [0.5, 0.6) is 0 Å². The van der Waals surface area contributed by atoms with E-state index in [1.165, 1.54) is 0 Å². The number of nitrogens with one attached hydrogen (secondary N) is 1. The van der Waals surface area contributed by atoms with E-state index >= 15 is 0 Å². The standard InChI is InChI=1S/C13H20BrN3O/c1-9(2)12(13(18)16-15)17(3)8-10-6-4-5-7-11(10)14/h4-7,9,12H,8,15H2,1-3H3,(H,16,18). The number of nitrogens with zero attached hydrogens (tertiary/aromatic N) is 1. The number of halogens is 1. The van der Waals surface area contributed by atoms with Crippen molar-refractivity contribution in [3.8, 4) is 0 Å². The summed E-state index contributed by atoms with van der Waals surface area (Å²) in [7, 11) is 1.93. The maximum atomic E-state index is 11.8. The van der Waals surface area contributed by atoms with Gasteiger partial charge in [0, 0.05) is 11.0 Å². The highest BCUT2D eigenvalue weighted by Crippen LogP contribution is 2.19. The maximum absolute atomic E-state index is 11.8. The molecule has 100 valence electrons. The zero-order chi connectivity index (χ0) is 13.7. The average molecular weight is 314 g/mol. The number of benzene rings is 1. The minimum absolute atomic E-state index is 0.153. The Labute approximate surface area is 117 Å². The topological polar surface area (TPSA) is 58.4 Å². The molecule has 4 nitrogen and oxygen atoms in total. The first-order valence-corrected chi connectivity index (χ1v) is 6.70. The van der Waals surface area contributed by atoms with Crippen molar-refractivity contribution in [1.29, 1.82) is 0 Å². The van der Waals surface area contributed by atoms with Gasteiger partial charge in [-0.25, -0.2) is 5.84 Å². The summed E-state index contributed by atoms with van der Waals surface area (Å²) in [6.45, 7) is 4.71. The van der Waals surface area contributed by atoms with Crippen molar-refractivity contribution in [2.45, 2.75) is 26.4 Å². The van der Waals surface area contributed by atoms with Crippen molar-refractivity contribution in [2.24, 2.45) is 11.8 Å². The lowest BCUT2D eigenvalue weighted by molar-refractivity contribution is -0.127. The first kappa shape index (κ1) is 15.1. The second-order valence-corrected chi connectivity index (χ2v) is 5.56. The van der Waals surface area contributed by atoms with E-state index in [-0.39, 0.29) is 17.9 Å². The van der Waals surface area contributed by atoms with Gasteiger partial charge in [0.2, 0.25) is 0 Å². The van der Waals surface area contributed by atoms with E-state index in [0.717, 1.165) is 10.0 Å². The number of rotatable bonds is 5. The van der Waals surface area contributed by atoms with Crippen LogP contribution in [0.15, 0.2) is 28.7 Å². The first-order chi connectivity index (χ1) is 8.47. The highest BCUT2D eigenvalue weighted by atomic mass is 79.9. The summed E-state index contributed by atoms with van der Waals surface area (Å²) in [6, 6.07) is 7.76. The molecule has 1 unspecified atom stereocenters. The van der Waals surface area contributed by atoms with Crippen molar-refractivity contribution in [2.75, 3.05) is 7.05 Å². The van der Waals surface area contributed by atoms with Gasteiger partial charge in [0.1, 0.15) is 0 Å². The summed E-state index contributed by atoms with van der Waals surface area (Å²) >= 11 is 3.51. The monoisotopic (exact) mass is 313 g/mol. The van der Waals surface area contributed by atoms with Gasteiger partial charge >= 0.3 is 0 Å². The number of hydrazine groups is 1. The van der Waals surface area contributed by atoms with Crippen LogP contribution in [0.25, 0.3) is 0 Å². The normalized spacial score (nSPS) is 12.8. The van der Waals surface area contributed by atoms with Gasteiger partial charge in [0.25, 0.3) is 5.91 Å². The number of hydrogen-bond acceptors (Lipinski definition) is 3. The molecule has 1 rings (SSSR count). The summed E-state index contributed by atoms with van der Waals surface area (Å²) in [4.78, 5) is 13.8. The van der Waals surface area contributed by atoms with E-state index in [9.17, 15) is 4.79 Å². The summed E-state index contributed by atoms with van der Waals surface area (Å²) in [5.41, 5.74) is 3.38. The molecule has 1 aromatic rings. The number of hydrogen-bond donors (Lipinski definition) is 2. The van der Waals surface area contributed by atoms with E-state index in [1.54, 1.807) is 0 Å². The van der Waals surface area contributed by atoms with Crippen LogP contribution in [0.2, 0.25) is 0 Å². The minimum Gasteiger partial charge on any atom is -0.293 e. The van der Waals surface area contributed by atoms with E-state index < -0.39 is 0 Å². The molecule has 0 saturated carbocycles. The Balaban J connectivity index is 2.82. The Kier molecular flexibility index (Phi) is 5.78. The predicted octanol–water partition coefficient (Wildman–Crippen LogP) is 1.90. The van der Waals surface area contributed by atoms with Crippen LogP contribution in [0.3, 0.4) is 0 Å². The van der Waals surface area contributed by atoms with Gasteiger partial charge in [-0.15, -0.1) is 0 Å². The van der Waals surface area contributed by atoms with E-state index in [2.05, 4.69) is 21.4 Å². The quantitative estimate of drug-likeness (QED) is 0.496. The second-order valence-electron chi connectivity index (χ2n) is 4.70. The van der Waals surface area contributed by atoms with Crippen LogP contribution in [0.4, 0.5) is 0 Å². The Morgan fingerprint density at radius 2 is 2.06 bits per heavy atom. The van der Waals surface area contributed by atoms with Crippen molar-refractivity contribution >= 4 is 21.8 Å². The Bertz CT molecular complexity index is 409. The molecule has 0 fully saturated rings. The molecule has 0 aliphatic rings. The van der Waals surface area contributed by atoms with Crippen LogP contribution >= 0.6 is 15.9 Å². The highest BCUT2D eigenvalue weighted by Gasteiger charge is 2.26. The molecule has 0 aromatic heterocycles. The first-order valence-electron chi connectivity index (χ1n) is 5.91. The third-order valence-corrected chi connectivity index (χ3v) is 3.67. The molecule has 3 N–H and O–H groups in total. The Hall–Kier alpha value is -0.910. The molecule has 5 heteroatoms. The Morgan fingerprint density at radius 1 is 1.44 bits per heavy atom. The van der Waals surface area contributed by atoms with Gasteiger partial charge in [0.15, 0.2) is 0 Å². The molecule has 18 heavy (non-hydrogen) atoms. The van der Waals surface area contributed by atoms with Gasteiger partial charge in [-0.2, -0.15) is 0 Å². The summed E-state index contributed by atoms with van der Waals surface area (Å²) in [5.74, 6) is 5.28. The lowest BCUT2D eigenvalue weighted by Crippen LogP contribution is -2.50. The smallest absolute Gasteiger partial charge is 0.251 e. The van der Waals surface area contributed by atoms with Gasteiger partial charge in [0.05, 0.1) is 6.04 Å². The second kappa shape index (κ2) is 6.87. The average Bonchev–Trinajstić information content (AvgIpc) is 2.31. The summed E-state index contributed by atoms with van der Waals surface area (Å²) in [6.07, 6.45) is 0. The van der Waals surface area contributed by atoms with Gasteiger partial charge < -0.3 is 0 Å². The predicted molar refractivity (Wildman–Crippen MR) is 76.6 cm³/mol. The van der Waals surface area contributed by atoms with Crippen LogP contribution in [-0.2, 0) is 11.3 Å². The van der Waals surface area contributed by atoms with Crippen molar-refractivity contribution in [3.05, 3.63) is 34.3 Å². The lowest BCUT2D eigenvalue weighted by atomic mass is 10.0. The minimum atomic E-state index is -0.234. The van der Waals surface area contributed by atoms with Crippen molar-refractivity contribution < 1.29 is 4.79 Å². The third-order valence-electron chi connectivity index (χ3n) is 2.89. The molecule has 0 spiro atoms. The van der Waals surface area contributed by atoms with Crippen LogP contribution < -0.4 is 11.3 Å². The molecule has 1 aromatic carbocycles. The van der Waals surface area contributed by atoms with Gasteiger partial charge in [-0.3, -0.25) is 15.1 Å². The summed E-state index contributed by atoms with van der Waals surface area (Å²) < 4.78 is 1.05. The molecule has 0 heterocycles. The number of carbonyl (C=O) groups is 1. The molecule has 0 aliphatic heterocycles. The number of likely N-dealkylation sites (N-methyl/N-ethyl adjacent to an activating group) is 1. The molecule has 1 atom stereocenters. The fraction of sp³-hybridized carbons (Fsp3) is 0.462. The fourth-order valence-electron chi connectivity index (χ4n) is 2.09. The van der Waals surface area contributed by atoms with E-state index in [4.69, 9.17) is 5.84 Å². The zero-order valence-electron chi connectivity index (χ0n) is 11.0. The van der Waals surface area contributed by atoms with Crippen molar-refractivity contribution in [3.63, 3.8) is 0 Å². The van der Waals surface area contributed by atoms with Gasteiger partial charge in [-0.05, 0) is 24.6 Å². The Morgan fingerprint density at radius 3 is 2.56 bits per heavy atom. The molecule has 0 radical (unpaired) electrons. The van der Waals surface area contributed by atoms with Crippen molar-refractivity contribution in [1.82, 2.24) is 10.3 Å². The van der Waals surface area contributed by atoms with E-state index in [1.807, 2.05) is 50.1 Å². The number of amides is 1. The summed E-state index contributed by atoms with van der Waals surface area (Å²) in [5, 5.41) is 0. The SMILES string of the molecule is CC(C)C(C(=O)NN)N(C)Cc1ccccc1Br. The molecule has 1 amide bonds. The zero-order valence-corrected chi connectivity index (χ0v) is 12.6. The number of nitrogens with two attached hydrogens (primary N) is 1. The lowest BCUT2D eigenvalue weighted by Gasteiger charge is -2.29.